The van der Waals surface area contributed by atoms with E-state index in [1.807, 2.05) is 0 Å². The molecule has 26 heavy (non-hydrogen) atoms. The number of benzene rings is 2. The van der Waals surface area contributed by atoms with Gasteiger partial charge in [-0.25, -0.2) is 0 Å². The maximum atomic E-state index is 6.27. The summed E-state index contributed by atoms with van der Waals surface area (Å²) in [7, 11) is 0. The molecule has 0 amide bonds. The normalized spacial score (nSPS) is 42.3. The maximum absolute atomic E-state index is 6.27. The van der Waals surface area contributed by atoms with Crippen molar-refractivity contribution in [1.29, 1.82) is 0 Å². The second kappa shape index (κ2) is 5.95. The van der Waals surface area contributed by atoms with E-state index in [0.29, 0.717) is 47.1 Å². The van der Waals surface area contributed by atoms with Crippen molar-refractivity contribution in [2.45, 2.75) is 33.7 Å². The van der Waals surface area contributed by atoms with Crippen LogP contribution in [0, 0.1) is 11.8 Å². The van der Waals surface area contributed by atoms with Crippen LogP contribution in [0.1, 0.15) is 36.2 Å². The Morgan fingerprint density at radius 1 is 0.654 bits per heavy atom. The summed E-state index contributed by atoms with van der Waals surface area (Å²) in [6.45, 7) is 1.96. The van der Waals surface area contributed by atoms with Gasteiger partial charge in [0.25, 0.3) is 0 Å². The number of fused-ring (bicyclic) bond motifs is 2. The predicted molar refractivity (Wildman–Crippen MR) is 103 cm³/mol. The third-order valence-corrected chi connectivity index (χ3v) is 18.7. The molecule has 4 heteroatoms. The van der Waals surface area contributed by atoms with Crippen molar-refractivity contribution in [1.82, 2.24) is 0 Å². The Hall–Kier alpha value is -0.601. The summed E-state index contributed by atoms with van der Waals surface area (Å²) >= 11 is 1.36. The number of ether oxygens (including phenoxy) is 2. The van der Waals surface area contributed by atoms with E-state index in [9.17, 15) is 0 Å². The molecule has 2 aromatic rings. The fourth-order valence-electron chi connectivity index (χ4n) is 4.86. The Morgan fingerprint density at radius 3 is 1.46 bits per heavy atom. The fourth-order valence-corrected chi connectivity index (χ4v) is 18.5. The van der Waals surface area contributed by atoms with E-state index >= 15 is 0 Å². The first-order chi connectivity index (χ1) is 12.8. The van der Waals surface area contributed by atoms with Crippen LogP contribution in [0.3, 0.4) is 0 Å². The first-order valence-electron chi connectivity index (χ1n) is 9.52. The molecule has 2 saturated heterocycles. The van der Waals surface area contributed by atoms with Crippen LogP contribution < -0.4 is 0 Å². The minimum absolute atomic E-state index is 0.349. The minimum atomic E-state index is 0.349. The van der Waals surface area contributed by atoms with Crippen LogP contribution in [-0.4, -0.2) is 39.5 Å². The van der Waals surface area contributed by atoms with Gasteiger partial charge in [0.1, 0.15) is 0 Å². The summed E-state index contributed by atoms with van der Waals surface area (Å²) in [5.41, 5.74) is 2.80. The van der Waals surface area contributed by atoms with Gasteiger partial charge >= 0.3 is 166 Å². The Balaban J connectivity index is 1.23. The zero-order valence-electron chi connectivity index (χ0n) is 14.5. The average molecular weight is 476 g/mol. The van der Waals surface area contributed by atoms with Gasteiger partial charge in [0.05, 0.1) is 0 Å². The Labute approximate surface area is 165 Å². The molecular weight excluding hydrogens is 454 g/mol. The zero-order chi connectivity index (χ0) is 17.2. The van der Waals surface area contributed by atoms with Crippen molar-refractivity contribution in [3.63, 3.8) is 0 Å². The van der Waals surface area contributed by atoms with E-state index in [1.165, 1.54) is 24.0 Å². The second-order valence-corrected chi connectivity index (χ2v) is 15.6. The van der Waals surface area contributed by atoms with Crippen LogP contribution in [0.15, 0.2) is 60.7 Å². The van der Waals surface area contributed by atoms with Gasteiger partial charge in [-0.3, -0.25) is 0 Å². The number of rotatable bonds is 5. The first-order valence-corrected chi connectivity index (χ1v) is 15.6. The SMILES string of the molecule is c1ccc([C@@H]2OC[C@@H]3C[C@@]32[Se][Se][C@]23C[C@H]2CO[C@H]3c2ccccc2)cc1. The molecule has 6 atom stereocenters. The molecule has 0 N–H and O–H groups in total. The predicted octanol–water partition coefficient (Wildman–Crippen LogP) is 4.21. The van der Waals surface area contributed by atoms with Crippen molar-refractivity contribution in [3.05, 3.63) is 71.8 Å². The molecule has 2 aliphatic carbocycles. The average Bonchev–Trinajstić information content (AvgIpc) is 3.53. The molecule has 2 heterocycles. The van der Waals surface area contributed by atoms with Crippen molar-refractivity contribution < 1.29 is 9.47 Å². The standard InChI is InChI=1S/C22H22O2Se2/c1-3-7-15(8-4-1)19-21(11-17(21)13-23-19)25-26-22-12-18(22)14-24-20(22)16-9-5-2-6-10-16/h1-10,17-20H,11-14H2/t17-,18-,19-,20-,21+,22+/m0/s1. The summed E-state index contributed by atoms with van der Waals surface area (Å²) in [6, 6.07) is 21.9. The van der Waals surface area contributed by atoms with Crippen LogP contribution in [0.25, 0.3) is 0 Å². The molecule has 6 rings (SSSR count). The molecular formula is C22H22O2Se2. The van der Waals surface area contributed by atoms with Crippen LogP contribution in [0.2, 0.25) is 8.63 Å². The van der Waals surface area contributed by atoms with Crippen molar-refractivity contribution in [3.8, 4) is 0 Å². The van der Waals surface area contributed by atoms with E-state index in [2.05, 4.69) is 60.7 Å². The van der Waals surface area contributed by atoms with E-state index in [1.54, 1.807) is 0 Å². The number of hydrogen-bond donors (Lipinski definition) is 0. The molecule has 0 spiro atoms. The van der Waals surface area contributed by atoms with Gasteiger partial charge < -0.3 is 0 Å². The molecule has 134 valence electrons. The van der Waals surface area contributed by atoms with Crippen LogP contribution in [0.5, 0.6) is 0 Å². The molecule has 4 fully saturated rings. The molecule has 0 aromatic heterocycles. The van der Waals surface area contributed by atoms with Gasteiger partial charge in [0.2, 0.25) is 0 Å². The van der Waals surface area contributed by atoms with Crippen molar-refractivity contribution in [2.75, 3.05) is 13.2 Å². The van der Waals surface area contributed by atoms with Gasteiger partial charge in [-0.15, -0.1) is 0 Å². The molecule has 2 aromatic carbocycles. The fraction of sp³-hybridized carbons (Fsp3) is 0.455. The third kappa shape index (κ3) is 2.37. The van der Waals surface area contributed by atoms with Crippen LogP contribution >= 0.6 is 0 Å². The van der Waals surface area contributed by atoms with E-state index in [0.717, 1.165) is 25.0 Å². The number of hydrogen-bond acceptors (Lipinski definition) is 2. The summed E-state index contributed by atoms with van der Waals surface area (Å²) in [5.74, 6) is 1.64. The van der Waals surface area contributed by atoms with Crippen molar-refractivity contribution >= 4 is 26.3 Å². The van der Waals surface area contributed by atoms with Gasteiger partial charge in [0, 0.05) is 0 Å². The molecule has 4 aliphatic rings. The van der Waals surface area contributed by atoms with E-state index < -0.39 is 0 Å². The van der Waals surface area contributed by atoms with E-state index in [4.69, 9.17) is 9.47 Å². The molecule has 0 unspecified atom stereocenters. The third-order valence-electron chi connectivity index (χ3n) is 6.57. The first kappa shape index (κ1) is 16.4. The van der Waals surface area contributed by atoms with Crippen LogP contribution in [0.4, 0.5) is 0 Å². The van der Waals surface area contributed by atoms with Gasteiger partial charge in [-0.1, -0.05) is 0 Å². The van der Waals surface area contributed by atoms with Gasteiger partial charge in [-0.05, 0) is 0 Å². The Morgan fingerprint density at radius 2 is 1.08 bits per heavy atom. The van der Waals surface area contributed by atoms with Crippen molar-refractivity contribution in [2.24, 2.45) is 11.8 Å². The Bertz CT molecular complexity index is 744. The van der Waals surface area contributed by atoms with Gasteiger partial charge in [0.15, 0.2) is 0 Å². The quantitative estimate of drug-likeness (QED) is 0.603. The topological polar surface area (TPSA) is 18.5 Å². The second-order valence-electron chi connectivity index (χ2n) is 8.13. The summed E-state index contributed by atoms with van der Waals surface area (Å²) in [4.78, 5) is 0. The summed E-state index contributed by atoms with van der Waals surface area (Å²) < 4.78 is 13.5. The van der Waals surface area contributed by atoms with Crippen LogP contribution in [-0.2, 0) is 9.47 Å². The molecule has 2 saturated carbocycles. The summed E-state index contributed by atoms with van der Waals surface area (Å²) in [6.07, 6.45) is 3.49. The molecule has 2 nitrogen and oxygen atoms in total. The van der Waals surface area contributed by atoms with E-state index in [-0.39, 0.29) is 0 Å². The zero-order valence-corrected chi connectivity index (χ0v) is 18.0. The molecule has 0 bridgehead atoms. The summed E-state index contributed by atoms with van der Waals surface area (Å²) in [5, 5.41) is 0. The Kier molecular flexibility index (Phi) is 3.74. The molecule has 2 aliphatic heterocycles. The monoisotopic (exact) mass is 478 g/mol. The molecule has 0 radical (unpaired) electrons. The van der Waals surface area contributed by atoms with Gasteiger partial charge in [-0.2, -0.15) is 0 Å².